The molecule has 1 amide bonds. The standard InChI is InChI=1S/C21H23ClN4O2S/c1-26-19(8-3-5-15-9-11-18(28-2)12-10-15)24-25-21(26)29-14-20(27)23-17-7-4-6-16(22)13-17/h4,6-7,9-13H,3,5,8,14H2,1-2H3,(H,23,27). The zero-order valence-electron chi connectivity index (χ0n) is 16.4. The minimum Gasteiger partial charge on any atom is -0.497 e. The highest BCUT2D eigenvalue weighted by atomic mass is 35.5. The van der Waals surface area contributed by atoms with Crippen molar-refractivity contribution in [3.05, 3.63) is 64.9 Å². The number of amides is 1. The average Bonchev–Trinajstić information content (AvgIpc) is 3.06. The van der Waals surface area contributed by atoms with Crippen LogP contribution in [0.4, 0.5) is 5.69 Å². The fraction of sp³-hybridized carbons (Fsp3) is 0.286. The smallest absolute Gasteiger partial charge is 0.234 e. The summed E-state index contributed by atoms with van der Waals surface area (Å²) in [5, 5.41) is 12.6. The van der Waals surface area contributed by atoms with E-state index >= 15 is 0 Å². The summed E-state index contributed by atoms with van der Waals surface area (Å²) in [5.74, 6) is 1.92. The Hall–Kier alpha value is -2.51. The number of halogens is 1. The third kappa shape index (κ3) is 6.24. The highest BCUT2D eigenvalue weighted by molar-refractivity contribution is 7.99. The molecular formula is C21H23ClN4O2S. The van der Waals surface area contributed by atoms with Crippen LogP contribution in [0.5, 0.6) is 5.75 Å². The SMILES string of the molecule is COc1ccc(CCCc2nnc(SCC(=O)Nc3cccc(Cl)c3)n2C)cc1. The Labute approximate surface area is 179 Å². The van der Waals surface area contributed by atoms with Crippen molar-refractivity contribution in [3.63, 3.8) is 0 Å². The number of carbonyl (C=O) groups is 1. The number of nitrogens with zero attached hydrogens (tertiary/aromatic N) is 3. The summed E-state index contributed by atoms with van der Waals surface area (Å²) in [6, 6.07) is 15.2. The van der Waals surface area contributed by atoms with E-state index in [9.17, 15) is 4.79 Å². The molecule has 1 N–H and O–H groups in total. The number of carbonyl (C=O) groups excluding carboxylic acids is 1. The molecule has 29 heavy (non-hydrogen) atoms. The van der Waals surface area contributed by atoms with E-state index in [1.54, 1.807) is 31.4 Å². The number of ether oxygens (including phenoxy) is 1. The number of hydrogen-bond acceptors (Lipinski definition) is 5. The third-order valence-electron chi connectivity index (χ3n) is 4.39. The van der Waals surface area contributed by atoms with Crippen LogP contribution in [0.15, 0.2) is 53.7 Å². The second-order valence-electron chi connectivity index (χ2n) is 6.51. The van der Waals surface area contributed by atoms with Crippen LogP contribution in [0.1, 0.15) is 17.8 Å². The van der Waals surface area contributed by atoms with Crippen LogP contribution in [0.3, 0.4) is 0 Å². The molecule has 0 aliphatic heterocycles. The molecule has 0 atom stereocenters. The molecular weight excluding hydrogens is 408 g/mol. The molecule has 0 saturated heterocycles. The first-order valence-electron chi connectivity index (χ1n) is 9.24. The Kier molecular flexibility index (Phi) is 7.55. The molecule has 0 spiro atoms. The molecule has 0 bridgehead atoms. The lowest BCUT2D eigenvalue weighted by molar-refractivity contribution is -0.113. The van der Waals surface area contributed by atoms with Gasteiger partial charge >= 0.3 is 0 Å². The van der Waals surface area contributed by atoms with Gasteiger partial charge in [-0.05, 0) is 48.7 Å². The van der Waals surface area contributed by atoms with Gasteiger partial charge in [-0.2, -0.15) is 0 Å². The number of thioether (sulfide) groups is 1. The van der Waals surface area contributed by atoms with Crippen LogP contribution < -0.4 is 10.1 Å². The fourth-order valence-electron chi connectivity index (χ4n) is 2.82. The number of rotatable bonds is 9. The molecule has 3 rings (SSSR count). The maximum atomic E-state index is 12.1. The van der Waals surface area contributed by atoms with Gasteiger partial charge in [0.15, 0.2) is 5.16 Å². The summed E-state index contributed by atoms with van der Waals surface area (Å²) in [6.45, 7) is 0. The average molecular weight is 431 g/mol. The van der Waals surface area contributed by atoms with Crippen molar-refractivity contribution in [2.45, 2.75) is 24.4 Å². The van der Waals surface area contributed by atoms with Crippen molar-refractivity contribution in [1.29, 1.82) is 0 Å². The van der Waals surface area contributed by atoms with Gasteiger partial charge in [0.2, 0.25) is 5.91 Å². The van der Waals surface area contributed by atoms with Crippen molar-refractivity contribution < 1.29 is 9.53 Å². The maximum absolute atomic E-state index is 12.1. The van der Waals surface area contributed by atoms with Gasteiger partial charge < -0.3 is 14.6 Å². The van der Waals surface area contributed by atoms with E-state index in [1.807, 2.05) is 23.7 Å². The topological polar surface area (TPSA) is 69.0 Å². The predicted molar refractivity (Wildman–Crippen MR) is 117 cm³/mol. The lowest BCUT2D eigenvalue weighted by atomic mass is 10.1. The van der Waals surface area contributed by atoms with Gasteiger partial charge in [-0.1, -0.05) is 41.6 Å². The normalized spacial score (nSPS) is 10.7. The fourth-order valence-corrected chi connectivity index (χ4v) is 3.74. The van der Waals surface area contributed by atoms with Crippen LogP contribution in [0.25, 0.3) is 0 Å². The Balaban J connectivity index is 1.46. The molecule has 0 fully saturated rings. The van der Waals surface area contributed by atoms with E-state index in [2.05, 4.69) is 27.6 Å². The number of aryl methyl sites for hydroxylation is 2. The van der Waals surface area contributed by atoms with Gasteiger partial charge in [0, 0.05) is 24.2 Å². The van der Waals surface area contributed by atoms with Crippen molar-refractivity contribution in [2.24, 2.45) is 7.05 Å². The van der Waals surface area contributed by atoms with Crippen LogP contribution in [0, 0.1) is 0 Å². The molecule has 152 valence electrons. The molecule has 8 heteroatoms. The number of hydrogen-bond donors (Lipinski definition) is 1. The Morgan fingerprint density at radius 1 is 1.17 bits per heavy atom. The van der Waals surface area contributed by atoms with Gasteiger partial charge in [0.05, 0.1) is 12.9 Å². The minimum atomic E-state index is -0.110. The minimum absolute atomic E-state index is 0.110. The first kappa shape index (κ1) is 21.2. The maximum Gasteiger partial charge on any atom is 0.234 e. The van der Waals surface area contributed by atoms with Gasteiger partial charge in [-0.25, -0.2) is 0 Å². The van der Waals surface area contributed by atoms with Crippen molar-refractivity contribution in [3.8, 4) is 5.75 Å². The zero-order chi connectivity index (χ0) is 20.6. The predicted octanol–water partition coefficient (Wildman–Crippen LogP) is 4.38. The molecule has 6 nitrogen and oxygen atoms in total. The Bertz CT molecular complexity index is 960. The number of nitrogens with one attached hydrogen (secondary N) is 1. The number of methoxy groups -OCH3 is 1. The number of anilines is 1. The summed E-state index contributed by atoms with van der Waals surface area (Å²) >= 11 is 7.30. The summed E-state index contributed by atoms with van der Waals surface area (Å²) in [7, 11) is 3.60. The van der Waals surface area contributed by atoms with Gasteiger partial charge in [0.25, 0.3) is 0 Å². The summed E-state index contributed by atoms with van der Waals surface area (Å²) in [5.41, 5.74) is 1.94. The summed E-state index contributed by atoms with van der Waals surface area (Å²) in [4.78, 5) is 12.1. The molecule has 0 saturated carbocycles. The van der Waals surface area contributed by atoms with Crippen molar-refractivity contribution in [1.82, 2.24) is 14.8 Å². The molecule has 1 heterocycles. The number of benzene rings is 2. The molecule has 0 radical (unpaired) electrons. The Morgan fingerprint density at radius 3 is 2.69 bits per heavy atom. The van der Waals surface area contributed by atoms with Crippen LogP contribution >= 0.6 is 23.4 Å². The zero-order valence-corrected chi connectivity index (χ0v) is 18.0. The van der Waals surface area contributed by atoms with Gasteiger partial charge in [0.1, 0.15) is 11.6 Å². The lowest BCUT2D eigenvalue weighted by Crippen LogP contribution is -2.14. The van der Waals surface area contributed by atoms with Gasteiger partial charge in [-0.15, -0.1) is 10.2 Å². The molecule has 2 aromatic carbocycles. The van der Waals surface area contributed by atoms with Crippen LogP contribution in [-0.2, 0) is 24.7 Å². The molecule has 0 unspecified atom stereocenters. The van der Waals surface area contributed by atoms with E-state index in [1.165, 1.54) is 17.3 Å². The van der Waals surface area contributed by atoms with E-state index < -0.39 is 0 Å². The van der Waals surface area contributed by atoms with Crippen LogP contribution in [0.2, 0.25) is 5.02 Å². The van der Waals surface area contributed by atoms with E-state index in [4.69, 9.17) is 16.3 Å². The molecule has 0 aliphatic rings. The van der Waals surface area contributed by atoms with Crippen LogP contribution in [-0.4, -0.2) is 33.5 Å². The highest BCUT2D eigenvalue weighted by Crippen LogP contribution is 2.19. The van der Waals surface area contributed by atoms with E-state index in [0.717, 1.165) is 36.0 Å². The largest absolute Gasteiger partial charge is 0.497 e. The van der Waals surface area contributed by atoms with Gasteiger partial charge in [-0.3, -0.25) is 4.79 Å². The quantitative estimate of drug-likeness (QED) is 0.510. The van der Waals surface area contributed by atoms with Crippen molar-refractivity contribution >= 4 is 35.0 Å². The first-order chi connectivity index (χ1) is 14.0. The highest BCUT2D eigenvalue weighted by Gasteiger charge is 2.12. The van der Waals surface area contributed by atoms with Crippen molar-refractivity contribution in [2.75, 3.05) is 18.2 Å². The molecule has 3 aromatic rings. The second-order valence-corrected chi connectivity index (χ2v) is 7.89. The van der Waals surface area contributed by atoms with E-state index in [0.29, 0.717) is 10.7 Å². The Morgan fingerprint density at radius 2 is 1.97 bits per heavy atom. The first-order valence-corrected chi connectivity index (χ1v) is 10.6. The third-order valence-corrected chi connectivity index (χ3v) is 5.65. The summed E-state index contributed by atoms with van der Waals surface area (Å²) in [6.07, 6.45) is 2.75. The lowest BCUT2D eigenvalue weighted by Gasteiger charge is -2.06. The number of aromatic nitrogens is 3. The molecule has 0 aliphatic carbocycles. The monoisotopic (exact) mass is 430 g/mol. The van der Waals surface area contributed by atoms with E-state index in [-0.39, 0.29) is 11.7 Å². The molecule has 1 aromatic heterocycles. The summed E-state index contributed by atoms with van der Waals surface area (Å²) < 4.78 is 7.13. The second kappa shape index (κ2) is 10.3.